The number of carbonyl (C=O) groups is 4. The molecule has 0 amide bonds. The van der Waals surface area contributed by atoms with E-state index in [-0.39, 0.29) is 25.7 Å². The molecule has 0 aliphatic heterocycles. The van der Waals surface area contributed by atoms with E-state index in [1.807, 2.05) is 0 Å². The van der Waals surface area contributed by atoms with Gasteiger partial charge in [-0.1, -0.05) is 402 Å². The predicted molar refractivity (Wildman–Crippen MR) is 437 cm³/mol. The van der Waals surface area contributed by atoms with Gasteiger partial charge in [0.2, 0.25) is 0 Å². The Hall–Kier alpha value is -1.94. The number of aliphatic hydroxyl groups is 1. The van der Waals surface area contributed by atoms with Crippen molar-refractivity contribution in [2.24, 2.45) is 23.7 Å². The van der Waals surface area contributed by atoms with E-state index in [0.29, 0.717) is 25.7 Å². The third-order valence-electron chi connectivity index (χ3n) is 21.0. The van der Waals surface area contributed by atoms with E-state index in [2.05, 4.69) is 55.4 Å². The number of rotatable bonds is 84. The molecule has 0 heterocycles. The van der Waals surface area contributed by atoms with Gasteiger partial charge in [-0.05, 0) is 49.4 Å². The first-order valence-electron chi connectivity index (χ1n) is 44.8. The Bertz CT molecular complexity index is 2060. The van der Waals surface area contributed by atoms with Gasteiger partial charge >= 0.3 is 39.5 Å². The molecule has 630 valence electrons. The first kappa shape index (κ1) is 104. The van der Waals surface area contributed by atoms with Gasteiger partial charge in [0.15, 0.2) is 12.2 Å². The lowest BCUT2D eigenvalue weighted by molar-refractivity contribution is -0.161. The van der Waals surface area contributed by atoms with Crippen molar-refractivity contribution in [2.45, 2.75) is 472 Å². The number of phosphoric acid groups is 2. The largest absolute Gasteiger partial charge is 0.472 e. The van der Waals surface area contributed by atoms with Gasteiger partial charge in [-0.15, -0.1) is 0 Å². The summed E-state index contributed by atoms with van der Waals surface area (Å²) in [6.07, 6.45) is 65.3. The lowest BCUT2D eigenvalue weighted by Gasteiger charge is -2.21. The zero-order valence-corrected chi connectivity index (χ0v) is 71.9. The molecule has 0 saturated carbocycles. The summed E-state index contributed by atoms with van der Waals surface area (Å²) in [6.45, 7) is 14.4. The highest BCUT2D eigenvalue weighted by Gasteiger charge is 2.31. The summed E-state index contributed by atoms with van der Waals surface area (Å²) < 4.78 is 68.9. The number of ether oxygens (including phenoxy) is 4. The Morgan fingerprint density at radius 3 is 0.670 bits per heavy atom. The molecule has 0 rings (SSSR count). The van der Waals surface area contributed by atoms with Crippen molar-refractivity contribution >= 4 is 39.5 Å². The summed E-state index contributed by atoms with van der Waals surface area (Å²) in [5.74, 6) is 1.08. The normalized spacial score (nSPS) is 14.4. The lowest BCUT2D eigenvalue weighted by Crippen LogP contribution is -2.30. The second-order valence-corrected chi connectivity index (χ2v) is 35.6. The fourth-order valence-electron chi connectivity index (χ4n) is 13.4. The summed E-state index contributed by atoms with van der Waals surface area (Å²) in [5.41, 5.74) is 0. The maximum absolute atomic E-state index is 13.1. The molecule has 4 unspecified atom stereocenters. The lowest BCUT2D eigenvalue weighted by atomic mass is 9.99. The minimum atomic E-state index is -4.97. The number of unbranched alkanes of at least 4 members (excludes halogenated alkanes) is 48. The Labute approximate surface area is 651 Å². The van der Waals surface area contributed by atoms with Crippen LogP contribution in [0.1, 0.15) is 453 Å². The van der Waals surface area contributed by atoms with Crippen LogP contribution in [-0.4, -0.2) is 96.7 Å². The zero-order valence-electron chi connectivity index (χ0n) is 70.1. The molecular weight excluding hydrogens is 1380 g/mol. The smallest absolute Gasteiger partial charge is 0.462 e. The van der Waals surface area contributed by atoms with E-state index in [1.54, 1.807) is 0 Å². The van der Waals surface area contributed by atoms with Crippen LogP contribution in [0, 0.1) is 23.7 Å². The summed E-state index contributed by atoms with van der Waals surface area (Å²) in [6, 6.07) is 0. The van der Waals surface area contributed by atoms with E-state index >= 15 is 0 Å². The quantitative estimate of drug-likeness (QED) is 0.0222. The minimum Gasteiger partial charge on any atom is -0.462 e. The van der Waals surface area contributed by atoms with Crippen LogP contribution in [0.2, 0.25) is 0 Å². The molecule has 19 heteroatoms. The number of hydrogen-bond acceptors (Lipinski definition) is 15. The molecule has 0 fully saturated rings. The molecule has 7 atom stereocenters. The summed E-state index contributed by atoms with van der Waals surface area (Å²) in [4.78, 5) is 73.2. The monoisotopic (exact) mass is 1550 g/mol. The fraction of sp³-hybridized carbons (Fsp3) is 0.954. The molecule has 0 aromatic carbocycles. The molecule has 0 spiro atoms. The van der Waals surface area contributed by atoms with Gasteiger partial charge in [0.25, 0.3) is 0 Å². The van der Waals surface area contributed by atoms with Crippen molar-refractivity contribution in [1.82, 2.24) is 0 Å². The van der Waals surface area contributed by atoms with Gasteiger partial charge in [0, 0.05) is 25.7 Å². The Morgan fingerprint density at radius 1 is 0.264 bits per heavy atom. The second-order valence-electron chi connectivity index (χ2n) is 32.7. The molecule has 17 nitrogen and oxygen atoms in total. The van der Waals surface area contributed by atoms with Crippen molar-refractivity contribution in [1.29, 1.82) is 0 Å². The summed E-state index contributed by atoms with van der Waals surface area (Å²) >= 11 is 0. The Kier molecular flexibility index (Phi) is 74.3. The van der Waals surface area contributed by atoms with Crippen LogP contribution < -0.4 is 0 Å². The highest BCUT2D eigenvalue weighted by atomic mass is 31.2. The average Bonchev–Trinajstić information content (AvgIpc) is 0.904. The summed E-state index contributed by atoms with van der Waals surface area (Å²) in [5, 5.41) is 10.7. The SMILES string of the molecule is CCC(C)CCCCCCCCCCCCCCCCCCCCC(=O)O[C@H](COC(=O)CCCCCCCCC(C)CC)COP(=O)(O)OC[C@H](O)COP(=O)(O)OC[C@@H](COC(=O)CCCCCCCCCCCCCCCCCCC(C)C)OC(=O)CCCCCCCCCCCCCCC(C)C. The third kappa shape index (κ3) is 77.4. The van der Waals surface area contributed by atoms with Crippen molar-refractivity contribution in [3.05, 3.63) is 0 Å². The number of hydrogen-bond donors (Lipinski definition) is 3. The molecule has 0 bridgehead atoms. The van der Waals surface area contributed by atoms with Crippen LogP contribution in [-0.2, 0) is 65.4 Å². The average molecular weight is 1550 g/mol. The van der Waals surface area contributed by atoms with Gasteiger partial charge < -0.3 is 33.8 Å². The first-order valence-corrected chi connectivity index (χ1v) is 47.8. The topological polar surface area (TPSA) is 237 Å². The maximum Gasteiger partial charge on any atom is 0.472 e. The van der Waals surface area contributed by atoms with Gasteiger partial charge in [-0.25, -0.2) is 9.13 Å². The molecule has 0 aliphatic carbocycles. The maximum atomic E-state index is 13.1. The van der Waals surface area contributed by atoms with Crippen LogP contribution in [0.3, 0.4) is 0 Å². The number of phosphoric ester groups is 2. The molecule has 0 saturated heterocycles. The molecule has 0 aromatic heterocycles. The number of aliphatic hydroxyl groups excluding tert-OH is 1. The molecule has 0 radical (unpaired) electrons. The number of esters is 4. The van der Waals surface area contributed by atoms with Crippen LogP contribution in [0.5, 0.6) is 0 Å². The number of carbonyl (C=O) groups excluding carboxylic acids is 4. The van der Waals surface area contributed by atoms with Crippen molar-refractivity contribution < 1.29 is 80.2 Å². The highest BCUT2D eigenvalue weighted by Crippen LogP contribution is 2.45. The standard InChI is InChI=1S/C87H170O17P2/c1-9-79(7)65-57-49-41-35-29-22-18-13-11-12-14-20-24-31-37-43-53-61-69-87(92)104-83(74-98-85(90)68-60-52-46-45-50-58-66-80(8)10-2)76-102-106(95,96)100-72-81(88)71-99-105(93,94)101-75-82(103-86(91)70-62-54-44-38-32-26-25-28-34-40-48-56-64-78(5)6)73-97-84(89)67-59-51-42-36-30-23-19-16-15-17-21-27-33-39-47-55-63-77(3)4/h77-83,88H,9-76H2,1-8H3,(H,93,94)(H,95,96)/t79?,80?,81-,82-,83-/m1/s1. The third-order valence-corrected chi connectivity index (χ3v) is 22.9. The van der Waals surface area contributed by atoms with Crippen molar-refractivity contribution in [3.8, 4) is 0 Å². The van der Waals surface area contributed by atoms with Gasteiger partial charge in [0.1, 0.15) is 19.3 Å². The summed E-state index contributed by atoms with van der Waals surface area (Å²) in [7, 11) is -9.93. The Balaban J connectivity index is 5.20. The fourth-order valence-corrected chi connectivity index (χ4v) is 15.0. The second kappa shape index (κ2) is 75.7. The van der Waals surface area contributed by atoms with E-state index in [9.17, 15) is 43.2 Å². The van der Waals surface area contributed by atoms with E-state index in [1.165, 1.54) is 250 Å². The zero-order chi connectivity index (χ0) is 78.1. The highest BCUT2D eigenvalue weighted by molar-refractivity contribution is 7.47. The molecule has 0 aromatic rings. The first-order chi connectivity index (χ1) is 51.2. The predicted octanol–water partition coefficient (Wildman–Crippen LogP) is 26.3. The van der Waals surface area contributed by atoms with Crippen molar-refractivity contribution in [2.75, 3.05) is 39.6 Å². The minimum absolute atomic E-state index is 0.107. The van der Waals surface area contributed by atoms with E-state index in [4.69, 9.17) is 37.0 Å². The van der Waals surface area contributed by atoms with Crippen molar-refractivity contribution in [3.63, 3.8) is 0 Å². The Morgan fingerprint density at radius 2 is 0.453 bits per heavy atom. The van der Waals surface area contributed by atoms with Crippen LogP contribution in [0.25, 0.3) is 0 Å². The van der Waals surface area contributed by atoms with E-state index < -0.39 is 97.5 Å². The van der Waals surface area contributed by atoms with Crippen LogP contribution >= 0.6 is 15.6 Å². The van der Waals surface area contributed by atoms with Gasteiger partial charge in [-0.2, -0.15) is 0 Å². The van der Waals surface area contributed by atoms with E-state index in [0.717, 1.165) is 120 Å². The van der Waals surface area contributed by atoms with Gasteiger partial charge in [-0.3, -0.25) is 37.3 Å². The van der Waals surface area contributed by atoms with Crippen LogP contribution in [0.4, 0.5) is 0 Å². The molecule has 3 N–H and O–H groups in total. The van der Waals surface area contributed by atoms with Crippen LogP contribution in [0.15, 0.2) is 0 Å². The van der Waals surface area contributed by atoms with Gasteiger partial charge in [0.05, 0.1) is 26.4 Å². The molecular formula is C87H170O17P2. The molecule has 106 heavy (non-hydrogen) atoms. The molecule has 0 aliphatic rings.